The summed E-state index contributed by atoms with van der Waals surface area (Å²) in [5, 5.41) is 5.12. The lowest BCUT2D eigenvalue weighted by Gasteiger charge is -2.20. The van der Waals surface area contributed by atoms with Crippen LogP contribution in [0.5, 0.6) is 0 Å². The van der Waals surface area contributed by atoms with Crippen molar-refractivity contribution in [3.63, 3.8) is 0 Å². The third-order valence-corrected chi connectivity index (χ3v) is 5.02. The predicted molar refractivity (Wildman–Crippen MR) is 125 cm³/mol. The maximum atomic E-state index is 5.99. The second-order valence-electron chi connectivity index (χ2n) is 6.55. The highest BCUT2D eigenvalue weighted by molar-refractivity contribution is 6.66. The maximum absolute atomic E-state index is 5.99. The van der Waals surface area contributed by atoms with Gasteiger partial charge in [0.25, 0.3) is 0 Å². The second-order valence-corrected chi connectivity index (χ2v) is 8.83. The van der Waals surface area contributed by atoms with E-state index in [9.17, 15) is 0 Å². The van der Waals surface area contributed by atoms with Crippen LogP contribution < -0.4 is 10.3 Å². The molecule has 0 radical (unpaired) electrons. The van der Waals surface area contributed by atoms with Crippen LogP contribution in [-0.2, 0) is 3.79 Å². The standard InChI is InChI=1S/C21H22Cl3N5/c1-4-29(5-2)16-9-7-15(8-10-16)13-25-28-19-17-12-14(3)6-11-18(17)26-20(27-19)21(22,23)24/h6-13H,4-5H2,1-3H3,(H,26,27,28). The van der Waals surface area contributed by atoms with Crippen molar-refractivity contribution >= 4 is 63.4 Å². The van der Waals surface area contributed by atoms with Gasteiger partial charge in [-0.2, -0.15) is 5.10 Å². The third kappa shape index (κ3) is 5.30. The van der Waals surface area contributed by atoms with E-state index in [0.29, 0.717) is 11.3 Å². The van der Waals surface area contributed by atoms with Gasteiger partial charge >= 0.3 is 0 Å². The zero-order valence-electron chi connectivity index (χ0n) is 16.5. The van der Waals surface area contributed by atoms with Crippen LogP contribution in [-0.4, -0.2) is 29.3 Å². The first-order chi connectivity index (χ1) is 13.8. The predicted octanol–water partition coefficient (Wildman–Crippen LogP) is 6.06. The molecule has 0 bridgehead atoms. The number of hydrogen-bond acceptors (Lipinski definition) is 5. The lowest BCUT2D eigenvalue weighted by atomic mass is 10.1. The second kappa shape index (κ2) is 9.16. The molecule has 0 aliphatic heterocycles. The number of aryl methyl sites for hydroxylation is 1. The summed E-state index contributed by atoms with van der Waals surface area (Å²) >= 11 is 18.0. The van der Waals surface area contributed by atoms with Gasteiger partial charge in [-0.05, 0) is 50.6 Å². The van der Waals surface area contributed by atoms with Gasteiger partial charge in [0, 0.05) is 24.2 Å². The number of hydrazone groups is 1. The summed E-state index contributed by atoms with van der Waals surface area (Å²) in [6.07, 6.45) is 1.73. The highest BCUT2D eigenvalue weighted by atomic mass is 35.6. The molecule has 8 heteroatoms. The summed E-state index contributed by atoms with van der Waals surface area (Å²) in [7, 11) is 0. The molecule has 0 atom stereocenters. The minimum absolute atomic E-state index is 0.0973. The zero-order chi connectivity index (χ0) is 21.0. The van der Waals surface area contributed by atoms with Crippen molar-refractivity contribution in [3.05, 3.63) is 59.4 Å². The molecule has 0 saturated heterocycles. The van der Waals surface area contributed by atoms with E-state index in [0.717, 1.165) is 29.6 Å². The molecule has 3 aromatic rings. The summed E-state index contributed by atoms with van der Waals surface area (Å²) in [6.45, 7) is 8.21. The molecule has 3 rings (SSSR count). The summed E-state index contributed by atoms with van der Waals surface area (Å²) in [5.41, 5.74) is 6.86. The molecule has 0 saturated carbocycles. The number of nitrogens with zero attached hydrogens (tertiary/aromatic N) is 4. The largest absolute Gasteiger partial charge is 0.372 e. The maximum Gasteiger partial charge on any atom is 0.250 e. The molecule has 1 aromatic heterocycles. The molecule has 2 aromatic carbocycles. The van der Waals surface area contributed by atoms with Crippen LogP contribution in [0.3, 0.4) is 0 Å². The van der Waals surface area contributed by atoms with Gasteiger partial charge in [-0.1, -0.05) is 58.6 Å². The minimum atomic E-state index is -1.72. The number of anilines is 2. The topological polar surface area (TPSA) is 53.4 Å². The molecule has 0 aliphatic carbocycles. The van der Waals surface area contributed by atoms with E-state index in [1.54, 1.807) is 6.21 Å². The van der Waals surface area contributed by atoms with Crippen LogP contribution in [0, 0.1) is 6.92 Å². The fourth-order valence-corrected chi connectivity index (χ4v) is 3.24. The van der Waals surface area contributed by atoms with Crippen LogP contribution in [0.25, 0.3) is 10.9 Å². The molecular weight excluding hydrogens is 429 g/mol. The van der Waals surface area contributed by atoms with E-state index in [1.165, 1.54) is 5.69 Å². The average molecular weight is 451 g/mol. The van der Waals surface area contributed by atoms with Gasteiger partial charge in [-0.25, -0.2) is 9.97 Å². The first-order valence-corrected chi connectivity index (χ1v) is 10.4. The van der Waals surface area contributed by atoms with Gasteiger partial charge in [0.05, 0.1) is 11.7 Å². The summed E-state index contributed by atoms with van der Waals surface area (Å²) in [4.78, 5) is 11.0. The number of fused-ring (bicyclic) bond motifs is 1. The number of rotatable bonds is 6. The van der Waals surface area contributed by atoms with Crippen LogP contribution in [0.1, 0.15) is 30.8 Å². The van der Waals surface area contributed by atoms with Gasteiger partial charge in [-0.3, -0.25) is 5.43 Å². The number of aromatic nitrogens is 2. The van der Waals surface area contributed by atoms with E-state index in [4.69, 9.17) is 34.8 Å². The van der Waals surface area contributed by atoms with Crippen molar-refractivity contribution in [3.8, 4) is 0 Å². The molecule has 29 heavy (non-hydrogen) atoms. The molecular formula is C21H22Cl3N5. The monoisotopic (exact) mass is 449 g/mol. The van der Waals surface area contributed by atoms with Gasteiger partial charge in [0.1, 0.15) is 0 Å². The van der Waals surface area contributed by atoms with Crippen molar-refractivity contribution in [2.45, 2.75) is 24.6 Å². The van der Waals surface area contributed by atoms with Crippen molar-refractivity contribution in [1.29, 1.82) is 0 Å². The van der Waals surface area contributed by atoms with Crippen LogP contribution in [0.2, 0.25) is 0 Å². The van der Waals surface area contributed by atoms with E-state index in [2.05, 4.69) is 51.4 Å². The highest BCUT2D eigenvalue weighted by Gasteiger charge is 2.28. The van der Waals surface area contributed by atoms with E-state index in [1.807, 2.05) is 37.3 Å². The fourth-order valence-electron chi connectivity index (χ4n) is 2.98. The molecule has 0 fully saturated rings. The Morgan fingerprint density at radius 3 is 2.34 bits per heavy atom. The summed E-state index contributed by atoms with van der Waals surface area (Å²) in [5.74, 6) is 0.580. The number of alkyl halides is 3. The lowest BCUT2D eigenvalue weighted by molar-refractivity contribution is 0.866. The quantitative estimate of drug-likeness (QED) is 0.282. The number of nitrogens with one attached hydrogen (secondary N) is 1. The van der Waals surface area contributed by atoms with Crippen molar-refractivity contribution in [2.24, 2.45) is 5.10 Å². The van der Waals surface area contributed by atoms with E-state index >= 15 is 0 Å². The Labute approximate surface area is 185 Å². The molecule has 0 aliphatic rings. The molecule has 0 amide bonds. The van der Waals surface area contributed by atoms with Gasteiger partial charge in [0.2, 0.25) is 3.79 Å². The SMILES string of the molecule is CCN(CC)c1ccc(C=NNc2nc(C(Cl)(Cl)Cl)nc3ccc(C)cc23)cc1. The molecule has 5 nitrogen and oxygen atoms in total. The molecule has 0 unspecified atom stereocenters. The Balaban J connectivity index is 1.86. The molecule has 1 N–H and O–H groups in total. The molecule has 1 heterocycles. The van der Waals surface area contributed by atoms with Gasteiger partial charge in [0.15, 0.2) is 11.6 Å². The fraction of sp³-hybridized carbons (Fsp3) is 0.286. The number of hydrogen-bond donors (Lipinski definition) is 1. The van der Waals surface area contributed by atoms with E-state index < -0.39 is 3.79 Å². The Hall–Kier alpha value is -2.08. The zero-order valence-corrected chi connectivity index (χ0v) is 18.7. The van der Waals surface area contributed by atoms with Crippen molar-refractivity contribution in [2.75, 3.05) is 23.4 Å². The Bertz CT molecular complexity index is 1010. The minimum Gasteiger partial charge on any atom is -0.372 e. The lowest BCUT2D eigenvalue weighted by Crippen LogP contribution is -2.21. The molecule has 152 valence electrons. The first-order valence-electron chi connectivity index (χ1n) is 9.31. The average Bonchev–Trinajstić information content (AvgIpc) is 2.69. The summed E-state index contributed by atoms with van der Waals surface area (Å²) in [6, 6.07) is 14.0. The smallest absolute Gasteiger partial charge is 0.250 e. The Morgan fingerprint density at radius 1 is 1.03 bits per heavy atom. The highest BCUT2D eigenvalue weighted by Crippen LogP contribution is 2.37. The Kier molecular flexibility index (Phi) is 6.83. The number of halogens is 3. The third-order valence-electron chi connectivity index (χ3n) is 4.51. The van der Waals surface area contributed by atoms with Crippen LogP contribution in [0.4, 0.5) is 11.5 Å². The Morgan fingerprint density at radius 2 is 1.72 bits per heavy atom. The first kappa shape index (κ1) is 21.6. The van der Waals surface area contributed by atoms with E-state index in [-0.39, 0.29) is 5.82 Å². The van der Waals surface area contributed by atoms with Crippen LogP contribution >= 0.6 is 34.8 Å². The van der Waals surface area contributed by atoms with Crippen molar-refractivity contribution in [1.82, 2.24) is 9.97 Å². The number of benzene rings is 2. The van der Waals surface area contributed by atoms with Gasteiger partial charge in [-0.15, -0.1) is 0 Å². The normalized spacial score (nSPS) is 11.9. The summed E-state index contributed by atoms with van der Waals surface area (Å²) < 4.78 is -1.72. The van der Waals surface area contributed by atoms with Crippen LogP contribution in [0.15, 0.2) is 47.6 Å². The molecule has 0 spiro atoms. The van der Waals surface area contributed by atoms with Gasteiger partial charge < -0.3 is 4.90 Å². The van der Waals surface area contributed by atoms with Crippen molar-refractivity contribution < 1.29 is 0 Å².